The number of hydrogen-bond acceptors (Lipinski definition) is 5. The van der Waals surface area contributed by atoms with E-state index in [9.17, 15) is 19.2 Å². The molecule has 2 bridgehead atoms. The molecule has 3 atom stereocenters. The highest BCUT2D eigenvalue weighted by atomic mass is 16.5. The number of benzene rings is 3. The minimum Gasteiger partial charge on any atom is -0.454 e. The Morgan fingerprint density at radius 3 is 1.65 bits per heavy atom. The van der Waals surface area contributed by atoms with Gasteiger partial charge in [0.1, 0.15) is 6.04 Å². The van der Waals surface area contributed by atoms with Crippen molar-refractivity contribution in [3.63, 3.8) is 0 Å². The molecule has 222 valence electrons. The topological polar surface area (TPSA) is 92.8 Å². The van der Waals surface area contributed by atoms with Crippen molar-refractivity contribution in [3.05, 3.63) is 100 Å². The molecule has 0 aromatic heterocycles. The van der Waals surface area contributed by atoms with Crippen LogP contribution in [-0.2, 0) is 36.8 Å². The quantitative estimate of drug-likeness (QED) is 0.264. The third-order valence-corrected chi connectivity index (χ3v) is 9.37. The van der Waals surface area contributed by atoms with Crippen molar-refractivity contribution in [1.82, 2.24) is 4.90 Å². The molecule has 1 saturated heterocycles. The molecule has 7 rings (SSSR count). The highest BCUT2D eigenvalue weighted by molar-refractivity contribution is 6.10. The highest BCUT2D eigenvalue weighted by Crippen LogP contribution is 2.61. The fourth-order valence-corrected chi connectivity index (χ4v) is 7.57. The lowest BCUT2D eigenvalue weighted by molar-refractivity contribution is -0.160. The van der Waals surface area contributed by atoms with Gasteiger partial charge < -0.3 is 10.1 Å². The van der Waals surface area contributed by atoms with Gasteiger partial charge in [-0.2, -0.15) is 0 Å². The van der Waals surface area contributed by atoms with Gasteiger partial charge >= 0.3 is 5.97 Å². The van der Waals surface area contributed by atoms with E-state index in [0.717, 1.165) is 51.9 Å². The SMILES string of the molecule is CCc1cccc(CC)c1NC(=O)COC(=O)[C@H](CC(C)C)N1C(=O)[C@@H]2C3c4ccccc4C(c4ccccc43)[C@H]2C1=O. The van der Waals surface area contributed by atoms with Crippen LogP contribution in [0, 0.1) is 17.8 Å². The fraction of sp³-hybridized carbons (Fsp3) is 0.389. The number of rotatable bonds is 9. The van der Waals surface area contributed by atoms with E-state index >= 15 is 0 Å². The van der Waals surface area contributed by atoms with Gasteiger partial charge in [0.2, 0.25) is 11.8 Å². The molecule has 3 aromatic rings. The van der Waals surface area contributed by atoms with Crippen LogP contribution in [0.15, 0.2) is 66.7 Å². The summed E-state index contributed by atoms with van der Waals surface area (Å²) in [6.07, 6.45) is 1.75. The zero-order valence-electron chi connectivity index (χ0n) is 25.1. The summed E-state index contributed by atoms with van der Waals surface area (Å²) in [5, 5.41) is 2.92. The fourth-order valence-electron chi connectivity index (χ4n) is 7.57. The number of likely N-dealkylation sites (tertiary alicyclic amines) is 1. The van der Waals surface area contributed by atoms with Crippen molar-refractivity contribution < 1.29 is 23.9 Å². The number of aryl methyl sites for hydroxylation is 2. The van der Waals surface area contributed by atoms with Gasteiger partial charge in [-0.05, 0) is 58.6 Å². The lowest BCUT2D eigenvalue weighted by Crippen LogP contribution is -2.47. The minimum absolute atomic E-state index is 0.00395. The first-order valence-corrected chi connectivity index (χ1v) is 15.4. The Balaban J connectivity index is 1.26. The first-order chi connectivity index (χ1) is 20.8. The predicted molar refractivity (Wildman–Crippen MR) is 163 cm³/mol. The molecule has 1 heterocycles. The lowest BCUT2D eigenvalue weighted by Gasteiger charge is -2.45. The molecule has 3 aromatic carbocycles. The van der Waals surface area contributed by atoms with E-state index in [1.165, 1.54) is 4.90 Å². The number of carbonyl (C=O) groups excluding carboxylic acids is 4. The van der Waals surface area contributed by atoms with Crippen molar-refractivity contribution >= 4 is 29.4 Å². The maximum Gasteiger partial charge on any atom is 0.329 e. The number of ether oxygens (including phenoxy) is 1. The van der Waals surface area contributed by atoms with Gasteiger partial charge in [0.15, 0.2) is 6.61 Å². The molecular weight excluding hydrogens is 540 g/mol. The molecule has 3 aliphatic carbocycles. The third kappa shape index (κ3) is 4.75. The van der Waals surface area contributed by atoms with Gasteiger partial charge in [-0.15, -0.1) is 0 Å². The normalized spacial score (nSPS) is 22.2. The van der Waals surface area contributed by atoms with E-state index < -0.39 is 36.4 Å². The van der Waals surface area contributed by atoms with Crippen LogP contribution >= 0.6 is 0 Å². The summed E-state index contributed by atoms with van der Waals surface area (Å²) in [4.78, 5) is 56.2. The summed E-state index contributed by atoms with van der Waals surface area (Å²) in [5.41, 5.74) is 7.06. The Morgan fingerprint density at radius 2 is 1.23 bits per heavy atom. The predicted octanol–water partition coefficient (Wildman–Crippen LogP) is 5.60. The smallest absolute Gasteiger partial charge is 0.329 e. The van der Waals surface area contributed by atoms with Crippen LogP contribution in [0.3, 0.4) is 0 Å². The number of carbonyl (C=O) groups is 4. The molecule has 1 aliphatic heterocycles. The molecule has 0 spiro atoms. The van der Waals surface area contributed by atoms with Crippen molar-refractivity contribution in [2.24, 2.45) is 17.8 Å². The van der Waals surface area contributed by atoms with Gasteiger partial charge in [0.25, 0.3) is 5.91 Å². The first-order valence-electron chi connectivity index (χ1n) is 15.4. The Bertz CT molecular complexity index is 1470. The van der Waals surface area contributed by atoms with E-state index in [1.54, 1.807) is 0 Å². The van der Waals surface area contributed by atoms with Crippen LogP contribution in [0.4, 0.5) is 5.69 Å². The Hall–Kier alpha value is -4.26. The summed E-state index contributed by atoms with van der Waals surface area (Å²) in [5.74, 6) is -3.50. The van der Waals surface area contributed by atoms with Gasteiger partial charge in [0, 0.05) is 17.5 Å². The van der Waals surface area contributed by atoms with Gasteiger partial charge in [-0.1, -0.05) is 94.4 Å². The summed E-state index contributed by atoms with van der Waals surface area (Å²) in [6, 6.07) is 20.9. The molecular formula is C36H38N2O5. The minimum atomic E-state index is -1.10. The zero-order valence-corrected chi connectivity index (χ0v) is 25.1. The first kappa shape index (κ1) is 28.8. The lowest BCUT2D eigenvalue weighted by atomic mass is 9.55. The second-order valence-corrected chi connectivity index (χ2v) is 12.3. The van der Waals surface area contributed by atoms with E-state index in [4.69, 9.17) is 4.74 Å². The molecule has 0 unspecified atom stereocenters. The molecule has 7 heteroatoms. The Morgan fingerprint density at radius 1 is 0.767 bits per heavy atom. The van der Waals surface area contributed by atoms with Crippen LogP contribution in [0.2, 0.25) is 0 Å². The zero-order chi connectivity index (χ0) is 30.4. The number of amides is 3. The second kappa shape index (κ2) is 11.4. The molecule has 43 heavy (non-hydrogen) atoms. The summed E-state index contributed by atoms with van der Waals surface area (Å²) in [6.45, 7) is 7.42. The molecule has 0 radical (unpaired) electrons. The second-order valence-electron chi connectivity index (χ2n) is 12.3. The number of hydrogen-bond donors (Lipinski definition) is 1. The van der Waals surface area contributed by atoms with Gasteiger partial charge in [-0.3, -0.25) is 19.3 Å². The summed E-state index contributed by atoms with van der Waals surface area (Å²) < 4.78 is 5.54. The average molecular weight is 579 g/mol. The van der Waals surface area contributed by atoms with Crippen molar-refractivity contribution in [2.45, 2.75) is 64.8 Å². The van der Waals surface area contributed by atoms with Crippen LogP contribution in [0.5, 0.6) is 0 Å². The van der Waals surface area contributed by atoms with Crippen molar-refractivity contribution in [2.75, 3.05) is 11.9 Å². The molecule has 7 nitrogen and oxygen atoms in total. The maximum atomic E-state index is 14.2. The van der Waals surface area contributed by atoms with Crippen LogP contribution < -0.4 is 5.32 Å². The number of para-hydroxylation sites is 1. The average Bonchev–Trinajstić information content (AvgIpc) is 3.28. The monoisotopic (exact) mass is 578 g/mol. The van der Waals surface area contributed by atoms with Crippen LogP contribution in [-0.4, -0.2) is 41.2 Å². The molecule has 0 saturated carbocycles. The number of nitrogens with zero attached hydrogens (tertiary/aromatic N) is 1. The number of esters is 1. The van der Waals surface area contributed by atoms with Crippen molar-refractivity contribution in [1.29, 1.82) is 0 Å². The third-order valence-electron chi connectivity index (χ3n) is 9.37. The molecule has 3 amide bonds. The molecule has 1 N–H and O–H groups in total. The van der Waals surface area contributed by atoms with Gasteiger partial charge in [0.05, 0.1) is 11.8 Å². The van der Waals surface area contributed by atoms with E-state index in [-0.39, 0.29) is 36.0 Å². The largest absolute Gasteiger partial charge is 0.454 e. The van der Waals surface area contributed by atoms with E-state index in [2.05, 4.69) is 29.6 Å². The van der Waals surface area contributed by atoms with Crippen LogP contribution in [0.1, 0.15) is 79.3 Å². The van der Waals surface area contributed by atoms with E-state index in [0.29, 0.717) is 0 Å². The number of anilines is 1. The summed E-state index contributed by atoms with van der Waals surface area (Å²) in [7, 11) is 0. The van der Waals surface area contributed by atoms with Gasteiger partial charge in [-0.25, -0.2) is 4.79 Å². The number of nitrogens with one attached hydrogen (secondary N) is 1. The molecule has 1 fully saturated rings. The Labute approximate surface area is 252 Å². The molecule has 4 aliphatic rings. The van der Waals surface area contributed by atoms with Crippen molar-refractivity contribution in [3.8, 4) is 0 Å². The van der Waals surface area contributed by atoms with Crippen LogP contribution in [0.25, 0.3) is 0 Å². The summed E-state index contributed by atoms with van der Waals surface area (Å²) >= 11 is 0. The number of imide groups is 1. The van der Waals surface area contributed by atoms with E-state index in [1.807, 2.05) is 70.2 Å². The highest BCUT2D eigenvalue weighted by Gasteiger charge is 2.63. The standard InChI is InChI=1S/C36H38N2O5/c1-5-21-12-11-13-22(6-2)33(21)37-28(39)19-43-36(42)27(18-20(3)4)38-34(40)31-29-23-14-7-8-15-24(23)30(32(31)35(38)41)26-17-10-9-16-25(26)29/h7-17,20,27,29-32H,5-6,18-19H2,1-4H3,(H,37,39)/t27-,29?,30?,31+,32+/m0/s1. The Kier molecular flexibility index (Phi) is 7.67. The maximum absolute atomic E-state index is 14.2.